The van der Waals surface area contributed by atoms with Crippen molar-refractivity contribution >= 4 is 18.7 Å². The van der Waals surface area contributed by atoms with Gasteiger partial charge in [-0.3, -0.25) is 14.5 Å². The summed E-state index contributed by atoms with van der Waals surface area (Å²) in [5.74, 6) is -0.915. The zero-order valence-electron chi connectivity index (χ0n) is 18.0. The minimum Gasteiger partial charge on any atom is -0.444 e. The van der Waals surface area contributed by atoms with Crippen LogP contribution in [0.3, 0.4) is 0 Å². The van der Waals surface area contributed by atoms with Gasteiger partial charge < -0.3 is 15.0 Å². The van der Waals surface area contributed by atoms with E-state index in [9.17, 15) is 14.0 Å². The Kier molecular flexibility index (Phi) is 7.91. The van der Waals surface area contributed by atoms with Gasteiger partial charge in [-0.2, -0.15) is 5.10 Å². The highest BCUT2D eigenvalue weighted by Crippen LogP contribution is 2.23. The van der Waals surface area contributed by atoms with E-state index in [1.807, 2.05) is 20.8 Å². The van der Waals surface area contributed by atoms with Gasteiger partial charge in [0.25, 0.3) is 5.91 Å². The van der Waals surface area contributed by atoms with E-state index < -0.39 is 11.4 Å². The molecule has 2 heterocycles. The lowest BCUT2D eigenvalue weighted by Crippen LogP contribution is -2.42. The standard InChI is InChI=1S/C21H30FN5O3/c1-6-7-17(22)18(23-5)13-24-19(28)15-12-25-27(14-15)16-8-10-26(11-9-16)20(29)30-21(2,3)4/h6-7,12,14,16H,5,8-11,13H2,1-4H3,(H,24,28)/b7-6-,18-17+. The van der Waals surface area contributed by atoms with Gasteiger partial charge >= 0.3 is 6.09 Å². The fourth-order valence-corrected chi connectivity index (χ4v) is 3.02. The third-order valence-corrected chi connectivity index (χ3v) is 4.55. The molecule has 164 valence electrons. The highest BCUT2D eigenvalue weighted by Gasteiger charge is 2.28. The number of carbonyl (C=O) groups excluding carboxylic acids is 2. The van der Waals surface area contributed by atoms with E-state index in [1.54, 1.807) is 28.8 Å². The summed E-state index contributed by atoms with van der Waals surface area (Å²) >= 11 is 0. The van der Waals surface area contributed by atoms with E-state index in [0.29, 0.717) is 31.5 Å². The molecule has 2 amide bonds. The first-order chi connectivity index (χ1) is 14.1. The first-order valence-electron chi connectivity index (χ1n) is 9.93. The van der Waals surface area contributed by atoms with Gasteiger partial charge in [-0.15, -0.1) is 0 Å². The topological polar surface area (TPSA) is 88.8 Å². The molecule has 8 nitrogen and oxygen atoms in total. The maximum atomic E-state index is 13.8. The van der Waals surface area contributed by atoms with Crippen molar-refractivity contribution in [3.05, 3.63) is 41.6 Å². The molecule has 0 bridgehead atoms. The summed E-state index contributed by atoms with van der Waals surface area (Å²) in [6.45, 7) is 11.6. The molecule has 0 spiro atoms. The van der Waals surface area contributed by atoms with Crippen LogP contribution < -0.4 is 5.32 Å². The Bertz CT molecular complexity index is 830. The third kappa shape index (κ3) is 6.53. The van der Waals surface area contributed by atoms with Crippen molar-refractivity contribution in [1.29, 1.82) is 0 Å². The number of amides is 2. The van der Waals surface area contributed by atoms with Crippen molar-refractivity contribution in [2.75, 3.05) is 19.6 Å². The molecule has 0 unspecified atom stereocenters. The van der Waals surface area contributed by atoms with E-state index in [4.69, 9.17) is 4.74 Å². The van der Waals surface area contributed by atoms with Crippen molar-refractivity contribution < 1.29 is 18.7 Å². The number of likely N-dealkylation sites (tertiary alicyclic amines) is 1. The third-order valence-electron chi connectivity index (χ3n) is 4.55. The van der Waals surface area contributed by atoms with Gasteiger partial charge in [0, 0.05) is 19.3 Å². The minimum absolute atomic E-state index is 0.0587. The van der Waals surface area contributed by atoms with Gasteiger partial charge in [-0.25, -0.2) is 9.18 Å². The molecule has 9 heteroatoms. The number of piperidine rings is 1. The molecule has 1 aromatic heterocycles. The van der Waals surface area contributed by atoms with E-state index in [2.05, 4.69) is 22.1 Å². The average molecular weight is 420 g/mol. The summed E-state index contributed by atoms with van der Waals surface area (Å²) in [6, 6.07) is 0.0858. The minimum atomic E-state index is -0.541. The zero-order valence-corrected chi connectivity index (χ0v) is 18.0. The van der Waals surface area contributed by atoms with Crippen molar-refractivity contribution in [2.24, 2.45) is 4.99 Å². The number of nitrogens with one attached hydrogen (secondary N) is 1. The second-order valence-electron chi connectivity index (χ2n) is 8.04. The number of aromatic nitrogens is 2. The fourth-order valence-electron chi connectivity index (χ4n) is 3.02. The van der Waals surface area contributed by atoms with Crippen LogP contribution >= 0.6 is 0 Å². The van der Waals surface area contributed by atoms with Crippen molar-refractivity contribution in [1.82, 2.24) is 20.0 Å². The molecule has 1 N–H and O–H groups in total. The van der Waals surface area contributed by atoms with Crippen LogP contribution in [0.5, 0.6) is 0 Å². The first-order valence-corrected chi connectivity index (χ1v) is 9.93. The van der Waals surface area contributed by atoms with Crippen LogP contribution in [-0.4, -0.2) is 58.6 Å². The molecule has 1 saturated heterocycles. The smallest absolute Gasteiger partial charge is 0.410 e. The summed E-state index contributed by atoms with van der Waals surface area (Å²) in [4.78, 5) is 29.8. The lowest BCUT2D eigenvalue weighted by atomic mass is 10.1. The van der Waals surface area contributed by atoms with E-state index >= 15 is 0 Å². The molecule has 0 radical (unpaired) electrons. The molecular formula is C21H30FN5O3. The second-order valence-corrected chi connectivity index (χ2v) is 8.04. The lowest BCUT2D eigenvalue weighted by molar-refractivity contribution is 0.0184. The van der Waals surface area contributed by atoms with Crippen molar-refractivity contribution in [2.45, 2.75) is 52.2 Å². The van der Waals surface area contributed by atoms with Crippen LogP contribution in [0, 0.1) is 0 Å². The highest BCUT2D eigenvalue weighted by atomic mass is 19.1. The molecule has 0 aliphatic carbocycles. The van der Waals surface area contributed by atoms with E-state index in [1.165, 1.54) is 12.3 Å². The number of nitrogens with zero attached hydrogens (tertiary/aromatic N) is 4. The van der Waals surface area contributed by atoms with Gasteiger partial charge in [0.2, 0.25) is 0 Å². The summed E-state index contributed by atoms with van der Waals surface area (Å²) in [5.41, 5.74) is -0.0906. The van der Waals surface area contributed by atoms with Gasteiger partial charge in [0.1, 0.15) is 11.4 Å². The van der Waals surface area contributed by atoms with Crippen molar-refractivity contribution in [3.63, 3.8) is 0 Å². The van der Waals surface area contributed by atoms with Gasteiger partial charge in [0.15, 0.2) is 0 Å². The Hall–Kier alpha value is -2.97. The van der Waals surface area contributed by atoms with Gasteiger partial charge in [-0.1, -0.05) is 6.08 Å². The number of hydrogen-bond donors (Lipinski definition) is 1. The van der Waals surface area contributed by atoms with Crippen LogP contribution in [0.4, 0.5) is 9.18 Å². The number of halogens is 1. The number of ether oxygens (including phenoxy) is 1. The zero-order chi connectivity index (χ0) is 22.3. The lowest BCUT2D eigenvalue weighted by Gasteiger charge is -2.33. The maximum absolute atomic E-state index is 13.8. The molecule has 0 aromatic carbocycles. The van der Waals surface area contributed by atoms with Crippen LogP contribution in [-0.2, 0) is 4.74 Å². The number of carbonyl (C=O) groups is 2. The molecule has 0 atom stereocenters. The summed E-state index contributed by atoms with van der Waals surface area (Å²) in [6.07, 6.45) is 7.05. The van der Waals surface area contributed by atoms with Crippen molar-refractivity contribution in [3.8, 4) is 0 Å². The largest absolute Gasteiger partial charge is 0.444 e. The highest BCUT2D eigenvalue weighted by molar-refractivity contribution is 5.93. The molecule has 2 rings (SSSR count). The van der Waals surface area contributed by atoms with E-state index in [-0.39, 0.29) is 30.3 Å². The Morgan fingerprint density at radius 3 is 2.63 bits per heavy atom. The summed E-state index contributed by atoms with van der Waals surface area (Å²) in [7, 11) is 0. The van der Waals surface area contributed by atoms with Crippen LogP contribution in [0.1, 0.15) is 56.9 Å². The Morgan fingerprint density at radius 1 is 1.40 bits per heavy atom. The van der Waals surface area contributed by atoms with Crippen LogP contribution in [0.2, 0.25) is 0 Å². The monoisotopic (exact) mass is 419 g/mol. The normalized spacial score (nSPS) is 16.4. The fraction of sp³-hybridized carbons (Fsp3) is 0.524. The van der Waals surface area contributed by atoms with Crippen LogP contribution in [0.25, 0.3) is 0 Å². The predicted octanol–water partition coefficient (Wildman–Crippen LogP) is 3.64. The summed E-state index contributed by atoms with van der Waals surface area (Å²) < 4.78 is 20.9. The first kappa shape index (κ1) is 23.3. The molecule has 1 aromatic rings. The summed E-state index contributed by atoms with van der Waals surface area (Å²) in [5, 5.41) is 6.91. The number of aliphatic imine (C=N–C) groups is 1. The molecule has 1 aliphatic rings. The maximum Gasteiger partial charge on any atom is 0.410 e. The SMILES string of the molecule is C=N/C(CNC(=O)c1cnn(C2CCN(C(=O)OC(C)(C)C)CC2)c1)=C(F)\C=C/C. The Morgan fingerprint density at radius 2 is 2.07 bits per heavy atom. The molecule has 0 saturated carbocycles. The quantitative estimate of drug-likeness (QED) is 0.563. The molecule has 30 heavy (non-hydrogen) atoms. The van der Waals surface area contributed by atoms with E-state index in [0.717, 1.165) is 0 Å². The Labute approximate surface area is 176 Å². The second kappa shape index (κ2) is 10.2. The van der Waals surface area contributed by atoms with Gasteiger partial charge in [0.05, 0.1) is 30.0 Å². The van der Waals surface area contributed by atoms with Crippen LogP contribution in [0.15, 0.2) is 41.1 Å². The average Bonchev–Trinajstić information content (AvgIpc) is 3.17. The predicted molar refractivity (Wildman–Crippen MR) is 113 cm³/mol. The number of allylic oxidation sites excluding steroid dienone is 3. The molecular weight excluding hydrogens is 389 g/mol. The molecule has 1 aliphatic heterocycles. The van der Waals surface area contributed by atoms with Gasteiger partial charge in [-0.05, 0) is 53.3 Å². The molecule has 1 fully saturated rings. The Balaban J connectivity index is 1.91. The number of hydrogen-bond acceptors (Lipinski definition) is 5. The number of rotatable bonds is 6.